The highest BCUT2D eigenvalue weighted by molar-refractivity contribution is 5.92. The van der Waals surface area contributed by atoms with Gasteiger partial charge in [-0.2, -0.15) is 4.57 Å². The SMILES string of the molecule is CN(C)C(=O)C[n+]1cccc(C(N)=O)c1. The highest BCUT2D eigenvalue weighted by Crippen LogP contribution is 1.92. The van der Waals surface area contributed by atoms with Gasteiger partial charge in [-0.1, -0.05) is 0 Å². The average molecular weight is 208 g/mol. The maximum Gasteiger partial charge on any atom is 0.288 e. The van der Waals surface area contributed by atoms with E-state index in [1.54, 1.807) is 43.2 Å². The van der Waals surface area contributed by atoms with Crippen LogP contribution < -0.4 is 10.3 Å². The number of primary amides is 1. The van der Waals surface area contributed by atoms with Crippen LogP contribution in [-0.4, -0.2) is 30.8 Å². The monoisotopic (exact) mass is 208 g/mol. The molecule has 0 saturated heterocycles. The van der Waals surface area contributed by atoms with E-state index < -0.39 is 5.91 Å². The van der Waals surface area contributed by atoms with Crippen LogP contribution in [0.5, 0.6) is 0 Å². The fourth-order valence-corrected chi connectivity index (χ4v) is 1.06. The smallest absolute Gasteiger partial charge is 0.288 e. The van der Waals surface area contributed by atoms with Crippen LogP contribution in [0.4, 0.5) is 0 Å². The first kappa shape index (κ1) is 11.2. The molecule has 0 spiro atoms. The molecule has 5 nitrogen and oxygen atoms in total. The van der Waals surface area contributed by atoms with Gasteiger partial charge < -0.3 is 10.6 Å². The van der Waals surface area contributed by atoms with Crippen LogP contribution in [0.25, 0.3) is 0 Å². The van der Waals surface area contributed by atoms with Crippen molar-refractivity contribution in [2.75, 3.05) is 14.1 Å². The first-order valence-electron chi connectivity index (χ1n) is 4.50. The summed E-state index contributed by atoms with van der Waals surface area (Å²) >= 11 is 0. The average Bonchev–Trinajstić information content (AvgIpc) is 2.18. The van der Waals surface area contributed by atoms with Gasteiger partial charge >= 0.3 is 0 Å². The Labute approximate surface area is 88.1 Å². The Morgan fingerprint density at radius 3 is 2.67 bits per heavy atom. The molecule has 0 saturated carbocycles. The Morgan fingerprint density at radius 2 is 2.13 bits per heavy atom. The standard InChI is InChI=1S/C10H13N3O2/c1-12(2)9(14)7-13-5-3-4-8(6-13)10(11)15/h3-6H,7H2,1-2H3,(H-,11,15)/p+1. The van der Waals surface area contributed by atoms with Gasteiger partial charge in [-0.25, -0.2) is 0 Å². The third-order valence-corrected chi connectivity index (χ3v) is 1.96. The number of carbonyl (C=O) groups is 2. The van der Waals surface area contributed by atoms with Crippen LogP contribution in [0.15, 0.2) is 24.5 Å². The lowest BCUT2D eigenvalue weighted by Gasteiger charge is -2.06. The number of likely N-dealkylation sites (N-methyl/N-ethyl adjacent to an activating group) is 1. The van der Waals surface area contributed by atoms with E-state index in [0.717, 1.165) is 0 Å². The first-order valence-corrected chi connectivity index (χ1v) is 4.50. The molecule has 1 aromatic rings. The first-order chi connectivity index (χ1) is 7.00. The van der Waals surface area contributed by atoms with Crippen molar-refractivity contribution in [3.8, 4) is 0 Å². The van der Waals surface area contributed by atoms with Crippen molar-refractivity contribution in [1.29, 1.82) is 0 Å². The fourth-order valence-electron chi connectivity index (χ4n) is 1.06. The molecule has 2 N–H and O–H groups in total. The molecular weight excluding hydrogens is 194 g/mol. The van der Waals surface area contributed by atoms with Crippen LogP contribution in [0.2, 0.25) is 0 Å². The van der Waals surface area contributed by atoms with E-state index >= 15 is 0 Å². The zero-order valence-corrected chi connectivity index (χ0v) is 8.80. The molecule has 0 fully saturated rings. The summed E-state index contributed by atoms with van der Waals surface area (Å²) < 4.78 is 1.63. The number of nitrogens with zero attached hydrogens (tertiary/aromatic N) is 2. The maximum absolute atomic E-state index is 11.4. The second kappa shape index (κ2) is 4.54. The van der Waals surface area contributed by atoms with Gasteiger partial charge in [0.05, 0.1) is 0 Å². The molecule has 0 radical (unpaired) electrons. The van der Waals surface area contributed by atoms with E-state index in [1.807, 2.05) is 0 Å². The Balaban J connectivity index is 2.83. The van der Waals surface area contributed by atoms with Crippen LogP contribution in [0.3, 0.4) is 0 Å². The largest absolute Gasteiger partial charge is 0.365 e. The third-order valence-electron chi connectivity index (χ3n) is 1.96. The van der Waals surface area contributed by atoms with Gasteiger partial charge in [0, 0.05) is 20.2 Å². The number of amides is 2. The molecule has 2 amide bonds. The number of nitrogens with two attached hydrogens (primary N) is 1. The number of carbonyl (C=O) groups excluding carboxylic acids is 2. The zero-order valence-electron chi connectivity index (χ0n) is 8.80. The number of aromatic nitrogens is 1. The zero-order chi connectivity index (χ0) is 11.4. The van der Waals surface area contributed by atoms with Gasteiger partial charge in [0.25, 0.3) is 11.8 Å². The number of hydrogen-bond acceptors (Lipinski definition) is 2. The normalized spacial score (nSPS) is 9.73. The van der Waals surface area contributed by atoms with Crippen LogP contribution in [0, 0.1) is 0 Å². The van der Waals surface area contributed by atoms with Crippen LogP contribution >= 0.6 is 0 Å². The summed E-state index contributed by atoms with van der Waals surface area (Å²) in [5.41, 5.74) is 5.52. The van der Waals surface area contributed by atoms with Crippen LogP contribution in [-0.2, 0) is 11.3 Å². The van der Waals surface area contributed by atoms with Gasteiger partial charge in [0.2, 0.25) is 6.54 Å². The molecule has 1 rings (SSSR count). The van der Waals surface area contributed by atoms with E-state index in [1.165, 1.54) is 4.90 Å². The summed E-state index contributed by atoms with van der Waals surface area (Å²) in [4.78, 5) is 23.8. The van der Waals surface area contributed by atoms with E-state index in [0.29, 0.717) is 5.56 Å². The number of hydrogen-bond donors (Lipinski definition) is 1. The Morgan fingerprint density at radius 1 is 1.47 bits per heavy atom. The van der Waals surface area contributed by atoms with Crippen molar-refractivity contribution in [3.63, 3.8) is 0 Å². The summed E-state index contributed by atoms with van der Waals surface area (Å²) in [5, 5.41) is 0. The summed E-state index contributed by atoms with van der Waals surface area (Å²) in [5.74, 6) is -0.539. The lowest BCUT2D eigenvalue weighted by molar-refractivity contribution is -0.685. The Kier molecular flexibility index (Phi) is 3.38. The maximum atomic E-state index is 11.4. The second-order valence-electron chi connectivity index (χ2n) is 3.42. The lowest BCUT2D eigenvalue weighted by Crippen LogP contribution is -2.42. The summed E-state index contributed by atoms with van der Waals surface area (Å²) in [6, 6.07) is 3.29. The fraction of sp³-hybridized carbons (Fsp3) is 0.300. The van der Waals surface area contributed by atoms with Crippen molar-refractivity contribution in [2.24, 2.45) is 5.73 Å². The molecule has 0 aliphatic heterocycles. The topological polar surface area (TPSA) is 67.3 Å². The van der Waals surface area contributed by atoms with E-state index in [2.05, 4.69) is 0 Å². The van der Waals surface area contributed by atoms with Gasteiger partial charge in [-0.15, -0.1) is 0 Å². The molecule has 0 aliphatic carbocycles. The van der Waals surface area contributed by atoms with Gasteiger partial charge in [-0.3, -0.25) is 9.59 Å². The van der Waals surface area contributed by atoms with E-state index in [9.17, 15) is 9.59 Å². The van der Waals surface area contributed by atoms with Gasteiger partial charge in [-0.05, 0) is 6.07 Å². The Hall–Kier alpha value is -1.91. The third kappa shape index (κ3) is 3.05. The minimum atomic E-state index is -0.498. The highest BCUT2D eigenvalue weighted by atomic mass is 16.2. The van der Waals surface area contributed by atoms with Gasteiger partial charge in [0.1, 0.15) is 5.56 Å². The second-order valence-corrected chi connectivity index (χ2v) is 3.42. The van der Waals surface area contributed by atoms with Crippen molar-refractivity contribution < 1.29 is 14.2 Å². The summed E-state index contributed by atoms with van der Waals surface area (Å²) in [6.07, 6.45) is 3.28. The lowest BCUT2D eigenvalue weighted by atomic mass is 10.3. The number of pyridine rings is 1. The molecule has 0 aromatic carbocycles. The summed E-state index contributed by atoms with van der Waals surface area (Å²) in [6.45, 7) is 0.202. The predicted molar refractivity (Wildman–Crippen MR) is 53.8 cm³/mol. The summed E-state index contributed by atoms with van der Waals surface area (Å²) in [7, 11) is 3.36. The molecule has 80 valence electrons. The van der Waals surface area contributed by atoms with E-state index in [4.69, 9.17) is 5.73 Å². The quantitative estimate of drug-likeness (QED) is 0.658. The minimum absolute atomic E-state index is 0.0402. The van der Waals surface area contributed by atoms with Crippen LogP contribution in [0.1, 0.15) is 10.4 Å². The minimum Gasteiger partial charge on any atom is -0.365 e. The molecule has 0 bridgehead atoms. The van der Waals surface area contributed by atoms with Gasteiger partial charge in [0.15, 0.2) is 12.4 Å². The van der Waals surface area contributed by atoms with E-state index in [-0.39, 0.29) is 12.5 Å². The molecular formula is C10H14N3O2+. The molecule has 0 atom stereocenters. The number of rotatable bonds is 3. The predicted octanol–water partition coefficient (Wildman–Crippen LogP) is -0.839. The highest BCUT2D eigenvalue weighted by Gasteiger charge is 2.12. The van der Waals surface area contributed by atoms with Crippen molar-refractivity contribution in [3.05, 3.63) is 30.1 Å². The molecule has 0 unspecified atom stereocenters. The molecule has 1 aromatic heterocycles. The Bertz CT molecular complexity index is 388. The molecule has 5 heteroatoms. The molecule has 0 aliphatic rings. The van der Waals surface area contributed by atoms with Crippen molar-refractivity contribution in [1.82, 2.24) is 4.90 Å². The van der Waals surface area contributed by atoms with Crippen molar-refractivity contribution >= 4 is 11.8 Å². The van der Waals surface area contributed by atoms with Crippen molar-refractivity contribution in [2.45, 2.75) is 6.54 Å². The molecule has 15 heavy (non-hydrogen) atoms. The molecule has 1 heterocycles.